The van der Waals surface area contributed by atoms with Crippen LogP contribution in [0.4, 0.5) is 13.2 Å². The fourth-order valence-corrected chi connectivity index (χ4v) is 2.99. The van der Waals surface area contributed by atoms with Crippen LogP contribution in [0.2, 0.25) is 10.0 Å². The molecule has 0 saturated carbocycles. The van der Waals surface area contributed by atoms with Gasteiger partial charge in [-0.15, -0.1) is 0 Å². The number of rotatable bonds is 2. The molecule has 106 valence electrons. The maximum atomic E-state index is 12.9. The molecule has 20 heavy (non-hydrogen) atoms. The number of alkyl halides is 4. The summed E-state index contributed by atoms with van der Waals surface area (Å²) in [6, 6.07) is 8.85. The normalized spacial score (nSPS) is 11.7. The Morgan fingerprint density at radius 1 is 1.00 bits per heavy atom. The van der Waals surface area contributed by atoms with Crippen LogP contribution < -0.4 is 0 Å². The summed E-state index contributed by atoms with van der Waals surface area (Å²) in [7, 11) is 0. The Balaban J connectivity index is 2.61. The molecular weight excluding hydrogens is 376 g/mol. The van der Waals surface area contributed by atoms with Gasteiger partial charge in [0.15, 0.2) is 0 Å². The lowest BCUT2D eigenvalue weighted by Gasteiger charge is -2.14. The summed E-state index contributed by atoms with van der Waals surface area (Å²) in [6.45, 7) is 0. The number of hydrogen-bond acceptors (Lipinski definition) is 0. The average molecular weight is 384 g/mol. The van der Waals surface area contributed by atoms with Crippen LogP contribution >= 0.6 is 39.1 Å². The minimum atomic E-state index is -4.38. The molecule has 0 fully saturated rings. The van der Waals surface area contributed by atoms with Gasteiger partial charge in [-0.25, -0.2) is 0 Å². The van der Waals surface area contributed by atoms with Crippen molar-refractivity contribution in [2.75, 3.05) is 0 Å². The molecule has 0 aliphatic rings. The predicted molar refractivity (Wildman–Crippen MR) is 79.5 cm³/mol. The topological polar surface area (TPSA) is 0 Å². The summed E-state index contributed by atoms with van der Waals surface area (Å²) in [5, 5.41) is 0.896. The molecule has 2 aromatic rings. The van der Waals surface area contributed by atoms with Crippen molar-refractivity contribution >= 4 is 39.1 Å². The third kappa shape index (κ3) is 3.13. The van der Waals surface area contributed by atoms with Gasteiger partial charge in [0.25, 0.3) is 0 Å². The van der Waals surface area contributed by atoms with Crippen molar-refractivity contribution in [2.45, 2.75) is 11.5 Å². The van der Waals surface area contributed by atoms with Crippen molar-refractivity contribution < 1.29 is 13.2 Å². The lowest BCUT2D eigenvalue weighted by Crippen LogP contribution is -2.08. The second-order valence-corrected chi connectivity index (χ2v) is 5.48. The van der Waals surface area contributed by atoms with Gasteiger partial charge in [-0.3, -0.25) is 0 Å². The molecule has 0 saturated heterocycles. The molecule has 0 aliphatic carbocycles. The van der Waals surface area contributed by atoms with E-state index in [1.54, 1.807) is 18.2 Å². The molecular formula is C14H8BrCl2F3. The summed E-state index contributed by atoms with van der Waals surface area (Å²) in [6.07, 6.45) is -4.38. The van der Waals surface area contributed by atoms with E-state index in [1.165, 1.54) is 12.1 Å². The third-order valence-corrected chi connectivity index (χ3v) is 4.04. The molecule has 0 spiro atoms. The van der Waals surface area contributed by atoms with E-state index in [1.807, 2.05) is 0 Å². The molecule has 6 heteroatoms. The third-order valence-electron chi connectivity index (χ3n) is 2.81. The highest BCUT2D eigenvalue weighted by molar-refractivity contribution is 9.08. The van der Waals surface area contributed by atoms with Crippen molar-refractivity contribution in [1.29, 1.82) is 0 Å². The summed E-state index contributed by atoms with van der Waals surface area (Å²) in [4.78, 5) is 0. The molecule has 2 aromatic carbocycles. The van der Waals surface area contributed by atoms with E-state index in [0.717, 1.165) is 6.07 Å². The summed E-state index contributed by atoms with van der Waals surface area (Å²) in [5.41, 5.74) is 0.571. The van der Waals surface area contributed by atoms with Crippen molar-refractivity contribution in [1.82, 2.24) is 0 Å². The van der Waals surface area contributed by atoms with E-state index in [-0.39, 0.29) is 10.9 Å². The van der Waals surface area contributed by atoms with Gasteiger partial charge in [0.2, 0.25) is 0 Å². The van der Waals surface area contributed by atoms with Crippen molar-refractivity contribution in [3.63, 3.8) is 0 Å². The fourth-order valence-electron chi connectivity index (χ4n) is 1.91. The molecule has 0 aromatic heterocycles. The minimum absolute atomic E-state index is 0.0950. The second-order valence-electron chi connectivity index (χ2n) is 4.10. The number of hydrogen-bond donors (Lipinski definition) is 0. The lowest BCUT2D eigenvalue weighted by molar-refractivity contribution is -0.138. The van der Waals surface area contributed by atoms with Crippen LogP contribution in [0.15, 0.2) is 36.4 Å². The Morgan fingerprint density at radius 2 is 1.60 bits per heavy atom. The van der Waals surface area contributed by atoms with Gasteiger partial charge in [0.1, 0.15) is 0 Å². The van der Waals surface area contributed by atoms with Crippen LogP contribution in [0.1, 0.15) is 11.1 Å². The van der Waals surface area contributed by atoms with Gasteiger partial charge in [0.05, 0.1) is 5.56 Å². The standard InChI is InChI=1S/C14H8BrCl2F3/c15-7-9-6-8(4-5-10(9)14(18,19)20)13-11(16)2-1-3-12(13)17/h1-6H,7H2. The van der Waals surface area contributed by atoms with E-state index >= 15 is 0 Å². The van der Waals surface area contributed by atoms with Crippen molar-refractivity contribution in [2.24, 2.45) is 0 Å². The average Bonchev–Trinajstić information content (AvgIpc) is 2.37. The second kappa shape index (κ2) is 5.96. The molecule has 0 N–H and O–H groups in total. The van der Waals surface area contributed by atoms with Crippen LogP contribution in [0, 0.1) is 0 Å². The maximum Gasteiger partial charge on any atom is 0.416 e. The van der Waals surface area contributed by atoms with E-state index in [0.29, 0.717) is 21.2 Å². The summed E-state index contributed by atoms with van der Waals surface area (Å²) in [5.74, 6) is 0. The van der Waals surface area contributed by atoms with Crippen LogP contribution in [0.25, 0.3) is 11.1 Å². The Labute approximate surface area is 132 Å². The Kier molecular flexibility index (Phi) is 4.67. The van der Waals surface area contributed by atoms with E-state index in [9.17, 15) is 13.2 Å². The first-order valence-corrected chi connectivity index (χ1v) is 7.43. The lowest BCUT2D eigenvalue weighted by atomic mass is 9.99. The zero-order valence-electron chi connectivity index (χ0n) is 9.94. The zero-order valence-corrected chi connectivity index (χ0v) is 13.0. The van der Waals surface area contributed by atoms with Crippen LogP contribution in [-0.4, -0.2) is 0 Å². The van der Waals surface area contributed by atoms with Gasteiger partial charge in [-0.1, -0.05) is 51.3 Å². The molecule has 0 unspecified atom stereocenters. The van der Waals surface area contributed by atoms with E-state index in [4.69, 9.17) is 23.2 Å². The Bertz CT molecular complexity index is 619. The molecule has 0 heterocycles. The molecule has 0 radical (unpaired) electrons. The van der Waals surface area contributed by atoms with Crippen molar-refractivity contribution in [3.05, 3.63) is 57.6 Å². The Hall–Kier alpha value is -0.710. The van der Waals surface area contributed by atoms with Gasteiger partial charge >= 0.3 is 6.18 Å². The molecule has 0 bridgehead atoms. The van der Waals surface area contributed by atoms with Crippen molar-refractivity contribution in [3.8, 4) is 11.1 Å². The highest BCUT2D eigenvalue weighted by atomic mass is 79.9. The predicted octanol–water partition coefficient (Wildman–Crippen LogP) is 6.57. The summed E-state index contributed by atoms with van der Waals surface area (Å²) < 4.78 is 38.6. The van der Waals surface area contributed by atoms with Gasteiger partial charge in [-0.05, 0) is 35.4 Å². The smallest absolute Gasteiger partial charge is 0.166 e. The first-order chi connectivity index (χ1) is 9.34. The molecule has 2 rings (SSSR count). The number of halogens is 6. The van der Waals surface area contributed by atoms with Crippen LogP contribution in [-0.2, 0) is 11.5 Å². The van der Waals surface area contributed by atoms with Gasteiger partial charge < -0.3 is 0 Å². The molecule has 0 nitrogen and oxygen atoms in total. The van der Waals surface area contributed by atoms with Crippen LogP contribution in [0.5, 0.6) is 0 Å². The molecule has 0 amide bonds. The van der Waals surface area contributed by atoms with Crippen LogP contribution in [0.3, 0.4) is 0 Å². The maximum absolute atomic E-state index is 12.9. The van der Waals surface area contributed by atoms with E-state index < -0.39 is 11.7 Å². The monoisotopic (exact) mass is 382 g/mol. The molecule has 0 atom stereocenters. The summed E-state index contributed by atoms with van der Waals surface area (Å²) >= 11 is 15.2. The Morgan fingerprint density at radius 3 is 2.10 bits per heavy atom. The quantitative estimate of drug-likeness (QED) is 0.514. The first-order valence-electron chi connectivity index (χ1n) is 5.55. The largest absolute Gasteiger partial charge is 0.416 e. The number of benzene rings is 2. The first kappa shape index (κ1) is 15.7. The zero-order chi connectivity index (χ0) is 14.9. The van der Waals surface area contributed by atoms with E-state index in [2.05, 4.69) is 15.9 Å². The fraction of sp³-hybridized carbons (Fsp3) is 0.143. The highest BCUT2D eigenvalue weighted by Crippen LogP contribution is 2.39. The van der Waals surface area contributed by atoms with Gasteiger partial charge in [-0.2, -0.15) is 13.2 Å². The SMILES string of the molecule is FC(F)(F)c1ccc(-c2c(Cl)cccc2Cl)cc1CBr. The highest BCUT2D eigenvalue weighted by Gasteiger charge is 2.33. The van der Waals surface area contributed by atoms with Gasteiger partial charge in [0, 0.05) is 20.9 Å². The minimum Gasteiger partial charge on any atom is -0.166 e. The molecule has 0 aliphatic heterocycles.